The first-order valence-corrected chi connectivity index (χ1v) is 6.61. The maximum atomic E-state index is 12.8. The summed E-state index contributed by atoms with van der Waals surface area (Å²) in [6.07, 6.45) is -4.78. The molecule has 1 rings (SSSR count). The van der Waals surface area contributed by atoms with Crippen molar-refractivity contribution in [1.29, 1.82) is 0 Å². The summed E-state index contributed by atoms with van der Waals surface area (Å²) in [5.41, 5.74) is -0.889. The number of para-hydroxylation sites is 1. The minimum absolute atomic E-state index is 0. The van der Waals surface area contributed by atoms with E-state index in [0.717, 1.165) is 19.0 Å². The van der Waals surface area contributed by atoms with Gasteiger partial charge in [0.1, 0.15) is 5.75 Å². The monoisotopic (exact) mass is 340 g/mol. The highest BCUT2D eigenvalue weighted by atomic mass is 35.5. The van der Waals surface area contributed by atoms with Crippen LogP contribution < -0.4 is 15.4 Å². The molecule has 0 saturated heterocycles. The summed E-state index contributed by atoms with van der Waals surface area (Å²) in [4.78, 5) is 11.7. The van der Waals surface area contributed by atoms with E-state index in [9.17, 15) is 18.0 Å². The average molecular weight is 341 g/mol. The van der Waals surface area contributed by atoms with E-state index < -0.39 is 23.8 Å². The highest BCUT2D eigenvalue weighted by Gasteiger charge is 2.34. The van der Waals surface area contributed by atoms with E-state index in [4.69, 9.17) is 4.74 Å². The van der Waals surface area contributed by atoms with Crippen LogP contribution in [0.2, 0.25) is 0 Å². The van der Waals surface area contributed by atoms with Crippen molar-refractivity contribution in [2.45, 2.75) is 25.6 Å². The van der Waals surface area contributed by atoms with Crippen molar-refractivity contribution in [3.05, 3.63) is 29.8 Å². The lowest BCUT2D eigenvalue weighted by Crippen LogP contribution is -2.37. The third-order valence-electron chi connectivity index (χ3n) is 2.77. The van der Waals surface area contributed by atoms with Crippen LogP contribution in [0.4, 0.5) is 13.2 Å². The van der Waals surface area contributed by atoms with Crippen LogP contribution >= 0.6 is 12.4 Å². The third-order valence-corrected chi connectivity index (χ3v) is 2.77. The van der Waals surface area contributed by atoms with Gasteiger partial charge in [0.2, 0.25) is 0 Å². The Morgan fingerprint density at radius 2 is 1.91 bits per heavy atom. The van der Waals surface area contributed by atoms with Crippen molar-refractivity contribution in [2.75, 3.05) is 20.1 Å². The van der Waals surface area contributed by atoms with Crippen LogP contribution in [0.15, 0.2) is 24.3 Å². The zero-order valence-electron chi connectivity index (χ0n) is 12.4. The second-order valence-corrected chi connectivity index (χ2v) is 4.50. The largest absolute Gasteiger partial charge is 0.480 e. The average Bonchev–Trinajstić information content (AvgIpc) is 2.42. The van der Waals surface area contributed by atoms with Gasteiger partial charge in [-0.2, -0.15) is 13.2 Å². The van der Waals surface area contributed by atoms with Crippen molar-refractivity contribution < 1.29 is 22.7 Å². The number of benzene rings is 1. The van der Waals surface area contributed by atoms with Crippen molar-refractivity contribution in [1.82, 2.24) is 10.6 Å². The molecule has 0 aliphatic heterocycles. The molecule has 4 nitrogen and oxygen atoms in total. The molecule has 126 valence electrons. The molecule has 0 fully saturated rings. The number of halogens is 4. The summed E-state index contributed by atoms with van der Waals surface area (Å²) in [6.45, 7) is 2.60. The smallest absolute Gasteiger partial charge is 0.419 e. The molecule has 0 spiro atoms. The first kappa shape index (κ1) is 20.5. The van der Waals surface area contributed by atoms with Gasteiger partial charge in [-0.3, -0.25) is 4.79 Å². The molecule has 22 heavy (non-hydrogen) atoms. The quantitative estimate of drug-likeness (QED) is 0.750. The molecule has 1 unspecified atom stereocenters. The number of alkyl halides is 3. The van der Waals surface area contributed by atoms with E-state index in [1.807, 2.05) is 0 Å². The number of hydrogen-bond acceptors (Lipinski definition) is 3. The summed E-state index contributed by atoms with van der Waals surface area (Å²) in [5, 5.41) is 5.54. The maximum absolute atomic E-state index is 12.8. The highest BCUT2D eigenvalue weighted by molar-refractivity contribution is 5.85. The minimum Gasteiger partial charge on any atom is -0.480 e. The molecule has 8 heteroatoms. The van der Waals surface area contributed by atoms with Crippen LogP contribution in [0.25, 0.3) is 0 Å². The molecular formula is C14H20ClF3N2O2. The van der Waals surface area contributed by atoms with E-state index in [1.54, 1.807) is 7.05 Å². The van der Waals surface area contributed by atoms with E-state index in [0.29, 0.717) is 6.54 Å². The van der Waals surface area contributed by atoms with Gasteiger partial charge < -0.3 is 15.4 Å². The molecule has 2 N–H and O–H groups in total. The number of nitrogens with one attached hydrogen (secondary N) is 2. The lowest BCUT2D eigenvalue weighted by atomic mass is 10.2. The van der Waals surface area contributed by atoms with E-state index in [2.05, 4.69) is 10.6 Å². The van der Waals surface area contributed by atoms with Crippen LogP contribution in [0.3, 0.4) is 0 Å². The maximum Gasteiger partial charge on any atom is 0.419 e. The SMILES string of the molecule is CNCCCNC(=O)C(C)Oc1ccccc1C(F)(F)F.Cl. The van der Waals surface area contributed by atoms with Gasteiger partial charge in [0.15, 0.2) is 6.10 Å². The third kappa shape index (κ3) is 6.53. The summed E-state index contributed by atoms with van der Waals surface area (Å²) in [7, 11) is 1.79. The minimum atomic E-state index is -4.51. The van der Waals surface area contributed by atoms with E-state index >= 15 is 0 Å². The molecule has 1 atom stereocenters. The molecule has 0 aliphatic rings. The molecule has 0 heterocycles. The number of amides is 1. The Morgan fingerprint density at radius 1 is 1.27 bits per heavy atom. The fourth-order valence-corrected chi connectivity index (χ4v) is 1.67. The predicted octanol–water partition coefficient (Wildman–Crippen LogP) is 2.62. The first-order valence-electron chi connectivity index (χ1n) is 6.61. The predicted molar refractivity (Wildman–Crippen MR) is 80.3 cm³/mol. The van der Waals surface area contributed by atoms with Gasteiger partial charge in [-0.25, -0.2) is 0 Å². The van der Waals surface area contributed by atoms with Crippen LogP contribution in [0, 0.1) is 0 Å². The lowest BCUT2D eigenvalue weighted by molar-refractivity contribution is -0.140. The Bertz CT molecular complexity index is 470. The summed E-state index contributed by atoms with van der Waals surface area (Å²) < 4.78 is 43.5. The van der Waals surface area contributed by atoms with E-state index in [-0.39, 0.29) is 18.2 Å². The fraction of sp³-hybridized carbons (Fsp3) is 0.500. The second kappa shape index (κ2) is 9.53. The molecule has 0 saturated carbocycles. The van der Waals surface area contributed by atoms with Crippen LogP contribution in [-0.2, 0) is 11.0 Å². The van der Waals surface area contributed by atoms with Crippen LogP contribution in [-0.4, -0.2) is 32.1 Å². The molecule has 0 bridgehead atoms. The summed E-state index contributed by atoms with van der Waals surface area (Å²) >= 11 is 0. The molecular weight excluding hydrogens is 321 g/mol. The molecule has 0 aliphatic carbocycles. The Hall–Kier alpha value is -1.47. The van der Waals surface area contributed by atoms with Gasteiger partial charge in [-0.05, 0) is 39.1 Å². The Labute approximate surface area is 133 Å². The van der Waals surface area contributed by atoms with Gasteiger partial charge in [0, 0.05) is 6.54 Å². The highest BCUT2D eigenvalue weighted by Crippen LogP contribution is 2.36. The van der Waals surface area contributed by atoms with Crippen molar-refractivity contribution in [2.24, 2.45) is 0 Å². The van der Waals surface area contributed by atoms with Crippen LogP contribution in [0.5, 0.6) is 5.75 Å². The topological polar surface area (TPSA) is 50.4 Å². The summed E-state index contributed by atoms with van der Waals surface area (Å²) in [5.74, 6) is -0.786. The van der Waals surface area contributed by atoms with Crippen molar-refractivity contribution in [3.8, 4) is 5.75 Å². The summed E-state index contributed by atoms with van der Waals surface area (Å²) in [6, 6.07) is 4.83. The molecule has 0 radical (unpaired) electrons. The van der Waals surface area contributed by atoms with E-state index in [1.165, 1.54) is 25.1 Å². The molecule has 0 aromatic heterocycles. The number of ether oxygens (including phenoxy) is 1. The Balaban J connectivity index is 0.00000441. The molecule has 1 aromatic rings. The Morgan fingerprint density at radius 3 is 2.50 bits per heavy atom. The number of carbonyl (C=O) groups excluding carboxylic acids is 1. The normalized spacial score (nSPS) is 12.2. The van der Waals surface area contributed by atoms with Gasteiger partial charge in [-0.1, -0.05) is 12.1 Å². The van der Waals surface area contributed by atoms with Gasteiger partial charge in [-0.15, -0.1) is 12.4 Å². The Kier molecular flexibility index (Phi) is 8.89. The van der Waals surface area contributed by atoms with Gasteiger partial charge in [0.25, 0.3) is 5.91 Å². The number of rotatable bonds is 7. The van der Waals surface area contributed by atoms with Crippen molar-refractivity contribution in [3.63, 3.8) is 0 Å². The molecule has 1 amide bonds. The fourth-order valence-electron chi connectivity index (χ4n) is 1.67. The first-order chi connectivity index (χ1) is 9.86. The number of carbonyl (C=O) groups is 1. The lowest BCUT2D eigenvalue weighted by Gasteiger charge is -2.18. The van der Waals surface area contributed by atoms with Gasteiger partial charge >= 0.3 is 6.18 Å². The van der Waals surface area contributed by atoms with Gasteiger partial charge in [0.05, 0.1) is 5.56 Å². The molecule has 1 aromatic carbocycles. The number of hydrogen-bond donors (Lipinski definition) is 2. The van der Waals surface area contributed by atoms with Crippen molar-refractivity contribution >= 4 is 18.3 Å². The zero-order valence-corrected chi connectivity index (χ0v) is 13.2. The standard InChI is InChI=1S/C14H19F3N2O2.ClH/c1-10(13(20)19-9-5-8-18-2)21-12-7-4-3-6-11(12)14(15,16)17;/h3-4,6-7,10,18H,5,8-9H2,1-2H3,(H,19,20);1H. The van der Waals surface area contributed by atoms with Crippen LogP contribution in [0.1, 0.15) is 18.9 Å². The zero-order chi connectivity index (χ0) is 15.9. The second-order valence-electron chi connectivity index (χ2n) is 4.50.